The summed E-state index contributed by atoms with van der Waals surface area (Å²) < 4.78 is 13.5. The van der Waals surface area contributed by atoms with E-state index >= 15 is 0 Å². The van der Waals surface area contributed by atoms with E-state index in [0.717, 1.165) is 41.9 Å². The molecule has 1 aromatic heterocycles. The molecule has 3 aromatic carbocycles. The maximum Gasteiger partial charge on any atom is 0.254 e. The Morgan fingerprint density at radius 3 is 2.32 bits per heavy atom. The molecular weight excluding hydrogens is 514 g/mol. The van der Waals surface area contributed by atoms with Crippen molar-refractivity contribution < 1.29 is 19.1 Å². The molecule has 1 unspecified atom stereocenters. The number of benzene rings is 3. The van der Waals surface area contributed by atoms with Gasteiger partial charge in [-0.15, -0.1) is 0 Å². The van der Waals surface area contributed by atoms with Crippen molar-refractivity contribution in [2.75, 3.05) is 32.2 Å². The van der Waals surface area contributed by atoms with Crippen LogP contribution in [0.2, 0.25) is 0 Å². The molecule has 4 aromatic rings. The number of methoxy groups -OCH3 is 2. The molecule has 0 fully saturated rings. The largest absolute Gasteiger partial charge is 0.497 e. The topological polar surface area (TPSA) is 64.0 Å². The number of unbranched alkanes of at least 4 members (excludes halogenated alkanes) is 1. The lowest BCUT2D eigenvalue weighted by Gasteiger charge is -2.40. The summed E-state index contributed by atoms with van der Waals surface area (Å²) in [6.45, 7) is 4.62. The molecule has 0 bridgehead atoms. The van der Waals surface area contributed by atoms with Gasteiger partial charge in [0.15, 0.2) is 0 Å². The second-order valence-electron chi connectivity index (χ2n) is 10.2. The number of nitrogens with zero attached hydrogens (tertiary/aromatic N) is 3. The van der Waals surface area contributed by atoms with Gasteiger partial charge in [0.2, 0.25) is 5.91 Å². The normalized spacial score (nSPS) is 13.8. The van der Waals surface area contributed by atoms with Crippen molar-refractivity contribution >= 4 is 17.5 Å². The third-order valence-electron chi connectivity index (χ3n) is 7.72. The first-order chi connectivity index (χ1) is 20.0. The minimum atomic E-state index is -0.496. The zero-order valence-corrected chi connectivity index (χ0v) is 24.2. The van der Waals surface area contributed by atoms with E-state index in [1.54, 1.807) is 19.1 Å². The first-order valence-corrected chi connectivity index (χ1v) is 14.2. The summed E-state index contributed by atoms with van der Waals surface area (Å²) in [6.07, 6.45) is 4.62. The van der Waals surface area contributed by atoms with Crippen molar-refractivity contribution in [3.63, 3.8) is 0 Å². The van der Waals surface area contributed by atoms with Crippen LogP contribution in [0.3, 0.4) is 0 Å². The number of carbonyl (C=O) groups is 2. The molecule has 2 heterocycles. The zero-order valence-electron chi connectivity index (χ0n) is 24.2. The van der Waals surface area contributed by atoms with Crippen molar-refractivity contribution in [3.8, 4) is 17.2 Å². The molecule has 1 aliphatic rings. The second-order valence-corrected chi connectivity index (χ2v) is 10.2. The predicted octanol–water partition coefficient (Wildman–Crippen LogP) is 6.44. The lowest BCUT2D eigenvalue weighted by Crippen LogP contribution is -2.47. The maximum atomic E-state index is 14.5. The summed E-state index contributed by atoms with van der Waals surface area (Å²) in [6, 6.07) is 24.7. The van der Waals surface area contributed by atoms with Gasteiger partial charge in [-0.25, -0.2) is 0 Å². The van der Waals surface area contributed by atoms with Crippen LogP contribution in [0.5, 0.6) is 11.5 Å². The number of rotatable bonds is 10. The van der Waals surface area contributed by atoms with Crippen LogP contribution in [0.1, 0.15) is 59.9 Å². The highest BCUT2D eigenvalue weighted by molar-refractivity contribution is 6.02. The molecule has 0 N–H and O–H groups in total. The number of ether oxygens (including phenoxy) is 2. The van der Waals surface area contributed by atoms with Gasteiger partial charge < -0.3 is 18.9 Å². The number of para-hydroxylation sites is 2. The highest BCUT2D eigenvalue weighted by atomic mass is 16.5. The van der Waals surface area contributed by atoms with Gasteiger partial charge in [-0.1, -0.05) is 44.5 Å². The highest BCUT2D eigenvalue weighted by Crippen LogP contribution is 2.45. The Morgan fingerprint density at radius 1 is 0.878 bits per heavy atom. The molecule has 0 radical (unpaired) electrons. The van der Waals surface area contributed by atoms with Crippen LogP contribution in [0, 0.1) is 0 Å². The van der Waals surface area contributed by atoms with E-state index in [9.17, 15) is 9.59 Å². The quantitative estimate of drug-likeness (QED) is 0.228. The molecule has 7 heteroatoms. The van der Waals surface area contributed by atoms with Gasteiger partial charge in [0.05, 0.1) is 31.3 Å². The molecule has 1 atom stereocenters. The van der Waals surface area contributed by atoms with Gasteiger partial charge in [-0.3, -0.25) is 14.5 Å². The van der Waals surface area contributed by atoms with Crippen LogP contribution in [0.15, 0.2) is 85.1 Å². The van der Waals surface area contributed by atoms with Crippen LogP contribution in [0.4, 0.5) is 5.69 Å². The first-order valence-electron chi connectivity index (χ1n) is 14.2. The van der Waals surface area contributed by atoms with E-state index in [-0.39, 0.29) is 18.4 Å². The SMILES string of the molecule is CCCCN(CC(=O)N1c2ccccc2-n2cccc2C1c1cc(OC)ccc1OC)C(=O)c1ccc(CC)cc1. The minimum absolute atomic E-state index is 0.0494. The fourth-order valence-electron chi connectivity index (χ4n) is 5.52. The van der Waals surface area contributed by atoms with E-state index < -0.39 is 6.04 Å². The number of carbonyl (C=O) groups excluding carboxylic acids is 2. The Hall–Kier alpha value is -4.52. The van der Waals surface area contributed by atoms with Gasteiger partial charge in [-0.2, -0.15) is 0 Å². The molecule has 0 spiro atoms. The fraction of sp³-hybridized carbons (Fsp3) is 0.294. The number of aromatic nitrogens is 1. The van der Waals surface area contributed by atoms with Gasteiger partial charge in [0.25, 0.3) is 5.91 Å². The Morgan fingerprint density at radius 2 is 1.63 bits per heavy atom. The third kappa shape index (κ3) is 5.44. The monoisotopic (exact) mass is 551 g/mol. The molecule has 2 amide bonds. The molecule has 212 valence electrons. The van der Waals surface area contributed by atoms with E-state index in [1.165, 1.54) is 5.56 Å². The molecular formula is C34H37N3O4. The number of amides is 2. The summed E-state index contributed by atoms with van der Waals surface area (Å²) in [7, 11) is 3.25. The summed E-state index contributed by atoms with van der Waals surface area (Å²) in [5.41, 5.74) is 5.15. The smallest absolute Gasteiger partial charge is 0.254 e. The number of fused-ring (bicyclic) bond motifs is 3. The van der Waals surface area contributed by atoms with E-state index in [0.29, 0.717) is 23.6 Å². The minimum Gasteiger partial charge on any atom is -0.497 e. The average molecular weight is 552 g/mol. The summed E-state index contributed by atoms with van der Waals surface area (Å²) in [4.78, 5) is 31.7. The number of hydrogen-bond donors (Lipinski definition) is 0. The Kier molecular flexibility index (Phi) is 8.43. The predicted molar refractivity (Wildman–Crippen MR) is 161 cm³/mol. The zero-order chi connectivity index (χ0) is 28.9. The first kappa shape index (κ1) is 28.0. The lowest BCUT2D eigenvalue weighted by atomic mass is 9.96. The maximum absolute atomic E-state index is 14.5. The van der Waals surface area contributed by atoms with Gasteiger partial charge in [0.1, 0.15) is 24.1 Å². The van der Waals surface area contributed by atoms with Crippen molar-refractivity contribution in [1.29, 1.82) is 0 Å². The van der Waals surface area contributed by atoms with Gasteiger partial charge in [0, 0.05) is 23.9 Å². The Bertz CT molecular complexity index is 1530. The number of hydrogen-bond acceptors (Lipinski definition) is 4. The summed E-state index contributed by atoms with van der Waals surface area (Å²) >= 11 is 0. The van der Waals surface area contributed by atoms with Crippen LogP contribution >= 0.6 is 0 Å². The molecule has 1 aliphatic heterocycles. The molecule has 0 saturated carbocycles. The average Bonchev–Trinajstić information content (AvgIpc) is 3.52. The van der Waals surface area contributed by atoms with Gasteiger partial charge in [-0.05, 0) is 73.0 Å². The summed E-state index contributed by atoms with van der Waals surface area (Å²) in [5, 5.41) is 0. The van der Waals surface area contributed by atoms with Crippen molar-refractivity contribution in [3.05, 3.63) is 107 Å². The molecule has 7 nitrogen and oxygen atoms in total. The lowest BCUT2D eigenvalue weighted by molar-refractivity contribution is -0.119. The van der Waals surface area contributed by atoms with Crippen LogP contribution in [-0.2, 0) is 11.2 Å². The Balaban J connectivity index is 1.59. The molecule has 41 heavy (non-hydrogen) atoms. The van der Waals surface area contributed by atoms with Crippen LogP contribution in [-0.4, -0.2) is 48.6 Å². The highest BCUT2D eigenvalue weighted by Gasteiger charge is 2.38. The van der Waals surface area contributed by atoms with Crippen LogP contribution < -0.4 is 14.4 Å². The Labute approximate surface area is 241 Å². The number of aryl methyl sites for hydroxylation is 1. The third-order valence-corrected chi connectivity index (χ3v) is 7.72. The number of anilines is 1. The van der Waals surface area contributed by atoms with Crippen molar-refractivity contribution in [1.82, 2.24) is 9.47 Å². The van der Waals surface area contributed by atoms with E-state index in [2.05, 4.69) is 18.4 Å². The molecule has 0 saturated heterocycles. The second kappa shape index (κ2) is 12.3. The van der Waals surface area contributed by atoms with Crippen molar-refractivity contribution in [2.45, 2.75) is 39.2 Å². The molecule has 0 aliphatic carbocycles. The molecule has 5 rings (SSSR count). The van der Waals surface area contributed by atoms with E-state index in [1.807, 2.05) is 90.0 Å². The fourth-order valence-corrected chi connectivity index (χ4v) is 5.52. The van der Waals surface area contributed by atoms with Crippen molar-refractivity contribution in [2.24, 2.45) is 0 Å². The van der Waals surface area contributed by atoms with E-state index in [4.69, 9.17) is 9.47 Å². The summed E-state index contributed by atoms with van der Waals surface area (Å²) in [5.74, 6) is 1.00. The van der Waals surface area contributed by atoms with Crippen LogP contribution in [0.25, 0.3) is 5.69 Å². The van der Waals surface area contributed by atoms with Gasteiger partial charge >= 0.3 is 0 Å². The standard InChI is InChI=1S/C34H37N3O4/c1-5-7-20-35(34(39)25-16-14-24(6-2)15-17-25)23-32(38)37-29-12-9-8-11-28(29)36-21-10-13-30(36)33(37)27-22-26(40-3)18-19-31(27)41-4/h8-19,21-22,33H,5-7,20,23H2,1-4H3.